The van der Waals surface area contributed by atoms with Gasteiger partial charge < -0.3 is 25.8 Å². The lowest BCUT2D eigenvalue weighted by atomic mass is 10.2. The van der Waals surface area contributed by atoms with Crippen molar-refractivity contribution in [1.82, 2.24) is 9.55 Å². The van der Waals surface area contributed by atoms with Crippen molar-refractivity contribution < 1.29 is 20.1 Å². The molecule has 2 rings (SSSR count). The smallest absolute Gasteiger partial charge is 0.351 e. The van der Waals surface area contributed by atoms with Crippen molar-refractivity contribution >= 4 is 5.82 Å². The number of rotatable bonds is 2. The molecule has 1 saturated heterocycles. The zero-order valence-electron chi connectivity index (χ0n) is 11.6. The number of nitrogens with two attached hydrogens (primary N) is 1. The van der Waals surface area contributed by atoms with Crippen LogP contribution >= 0.6 is 0 Å². The number of hydrogen-bond acceptors (Lipinski definition) is 7. The molecule has 1 aromatic heterocycles. The molecule has 0 spiro atoms. The lowest BCUT2D eigenvalue weighted by molar-refractivity contribution is -0.127. The third-order valence-corrected chi connectivity index (χ3v) is 2.45. The molecule has 1 fully saturated rings. The summed E-state index contributed by atoms with van der Waals surface area (Å²) in [5, 5.41) is 25.0. The highest BCUT2D eigenvalue weighted by molar-refractivity contribution is 5.23. The number of aliphatic hydroxyl groups is 3. The van der Waals surface area contributed by atoms with Crippen molar-refractivity contribution in [1.29, 1.82) is 0 Å². The van der Waals surface area contributed by atoms with Gasteiger partial charge in [-0.1, -0.05) is 0 Å². The average Bonchev–Trinajstić information content (AvgIpc) is 2.75. The molecule has 0 saturated carbocycles. The quantitative estimate of drug-likeness (QED) is 0.524. The molecule has 114 valence electrons. The topological polar surface area (TPSA) is 131 Å². The van der Waals surface area contributed by atoms with Gasteiger partial charge in [-0.25, -0.2) is 4.79 Å². The second-order valence-corrected chi connectivity index (χ2v) is 5.01. The molecule has 8 nitrogen and oxygen atoms in total. The second-order valence-electron chi connectivity index (χ2n) is 5.01. The lowest BCUT2D eigenvalue weighted by Gasteiger charge is -2.14. The van der Waals surface area contributed by atoms with Crippen LogP contribution in [0, 0.1) is 0 Å². The van der Waals surface area contributed by atoms with Crippen molar-refractivity contribution in [2.75, 3.05) is 12.3 Å². The molecule has 2 atom stereocenters. The van der Waals surface area contributed by atoms with E-state index in [1.165, 1.54) is 18.4 Å². The number of nitrogens with zero attached hydrogens (tertiary/aromatic N) is 2. The van der Waals surface area contributed by atoms with Crippen LogP contribution in [0.1, 0.15) is 32.9 Å². The second kappa shape index (κ2) is 6.80. The van der Waals surface area contributed by atoms with E-state index in [9.17, 15) is 4.79 Å². The minimum Gasteiger partial charge on any atom is -0.394 e. The summed E-state index contributed by atoms with van der Waals surface area (Å²) in [4.78, 5) is 15.1. The minimum absolute atomic E-state index is 0.0202. The molecular weight excluding hydrogens is 266 g/mol. The van der Waals surface area contributed by atoms with Crippen LogP contribution in [0.3, 0.4) is 0 Å². The molecule has 2 unspecified atom stereocenters. The summed E-state index contributed by atoms with van der Waals surface area (Å²) in [7, 11) is 0. The SMILES string of the molecule is CC(C)(O)O.Nc1ccn(C2CCC(CO)O2)c(=O)n1. The van der Waals surface area contributed by atoms with Crippen LogP contribution in [0.15, 0.2) is 17.1 Å². The van der Waals surface area contributed by atoms with E-state index in [1.807, 2.05) is 0 Å². The maximum atomic E-state index is 11.5. The van der Waals surface area contributed by atoms with E-state index < -0.39 is 11.5 Å². The molecule has 0 radical (unpaired) electrons. The predicted molar refractivity (Wildman–Crippen MR) is 71.7 cm³/mol. The lowest BCUT2D eigenvalue weighted by Crippen LogP contribution is -2.27. The van der Waals surface area contributed by atoms with Crippen LogP contribution in [0.5, 0.6) is 0 Å². The van der Waals surface area contributed by atoms with Crippen molar-refractivity contribution in [3.05, 3.63) is 22.7 Å². The number of nitrogen functional groups attached to an aromatic ring is 1. The van der Waals surface area contributed by atoms with E-state index >= 15 is 0 Å². The zero-order chi connectivity index (χ0) is 15.3. The average molecular weight is 287 g/mol. The maximum Gasteiger partial charge on any atom is 0.351 e. The van der Waals surface area contributed by atoms with Crippen LogP contribution in [0.25, 0.3) is 0 Å². The first-order chi connectivity index (χ1) is 9.20. The molecule has 2 heterocycles. The van der Waals surface area contributed by atoms with E-state index in [-0.39, 0.29) is 24.8 Å². The molecule has 1 aliphatic heterocycles. The molecule has 8 heteroatoms. The van der Waals surface area contributed by atoms with E-state index in [1.54, 1.807) is 12.3 Å². The largest absolute Gasteiger partial charge is 0.394 e. The number of ether oxygens (including phenoxy) is 1. The summed E-state index contributed by atoms with van der Waals surface area (Å²) >= 11 is 0. The van der Waals surface area contributed by atoms with Crippen LogP contribution in [-0.2, 0) is 4.74 Å². The molecule has 1 aromatic rings. The Morgan fingerprint density at radius 3 is 2.55 bits per heavy atom. The van der Waals surface area contributed by atoms with Crippen LogP contribution in [-0.4, -0.2) is 43.4 Å². The predicted octanol–water partition coefficient (Wildman–Crippen LogP) is -0.797. The fourth-order valence-electron chi connectivity index (χ4n) is 1.67. The Labute approximate surface area is 116 Å². The Balaban J connectivity index is 0.000000347. The summed E-state index contributed by atoms with van der Waals surface area (Å²) in [5.74, 6) is -1.30. The Bertz CT molecular complexity index is 477. The number of hydrogen-bond donors (Lipinski definition) is 4. The number of aromatic nitrogens is 2. The van der Waals surface area contributed by atoms with Crippen molar-refractivity contribution in [3.8, 4) is 0 Å². The van der Waals surface area contributed by atoms with Gasteiger partial charge in [0.25, 0.3) is 0 Å². The fraction of sp³-hybridized carbons (Fsp3) is 0.667. The van der Waals surface area contributed by atoms with Gasteiger partial charge >= 0.3 is 5.69 Å². The highest BCUT2D eigenvalue weighted by Gasteiger charge is 2.26. The van der Waals surface area contributed by atoms with Crippen LogP contribution in [0.4, 0.5) is 5.82 Å². The minimum atomic E-state index is -1.50. The van der Waals surface area contributed by atoms with Gasteiger partial charge in [-0.15, -0.1) is 0 Å². The molecule has 5 N–H and O–H groups in total. The van der Waals surface area contributed by atoms with Gasteiger partial charge in [0, 0.05) is 6.20 Å². The zero-order valence-corrected chi connectivity index (χ0v) is 11.6. The highest BCUT2D eigenvalue weighted by Crippen LogP contribution is 2.26. The van der Waals surface area contributed by atoms with Crippen LogP contribution in [0.2, 0.25) is 0 Å². The summed E-state index contributed by atoms with van der Waals surface area (Å²) < 4.78 is 6.84. The van der Waals surface area contributed by atoms with Gasteiger partial charge in [-0.3, -0.25) is 4.57 Å². The summed E-state index contributed by atoms with van der Waals surface area (Å²) in [6.45, 7) is 2.58. The van der Waals surface area contributed by atoms with Crippen molar-refractivity contribution in [3.63, 3.8) is 0 Å². The van der Waals surface area contributed by atoms with Gasteiger partial charge in [0.2, 0.25) is 0 Å². The Hall–Kier alpha value is -1.48. The van der Waals surface area contributed by atoms with Gasteiger partial charge in [0.15, 0.2) is 5.79 Å². The number of aliphatic hydroxyl groups excluding tert-OH is 1. The Morgan fingerprint density at radius 1 is 1.50 bits per heavy atom. The Morgan fingerprint density at radius 2 is 2.10 bits per heavy atom. The monoisotopic (exact) mass is 287 g/mol. The third-order valence-electron chi connectivity index (χ3n) is 2.45. The first kappa shape index (κ1) is 16.6. The van der Waals surface area contributed by atoms with E-state index in [4.69, 9.17) is 25.8 Å². The molecule has 0 bridgehead atoms. The Kier molecular flexibility index (Phi) is 5.63. The molecule has 0 amide bonds. The molecule has 20 heavy (non-hydrogen) atoms. The van der Waals surface area contributed by atoms with Crippen LogP contribution < -0.4 is 11.4 Å². The molecule has 1 aliphatic rings. The third kappa shape index (κ3) is 5.66. The normalized spacial score (nSPS) is 22.2. The molecule has 0 aliphatic carbocycles. The van der Waals surface area contributed by atoms with Crippen molar-refractivity contribution in [2.24, 2.45) is 0 Å². The van der Waals surface area contributed by atoms with E-state index in [2.05, 4.69) is 4.98 Å². The summed E-state index contributed by atoms with van der Waals surface area (Å²) in [5.41, 5.74) is 4.96. The highest BCUT2D eigenvalue weighted by atomic mass is 16.5. The summed E-state index contributed by atoms with van der Waals surface area (Å²) in [6, 6.07) is 1.55. The first-order valence-corrected chi connectivity index (χ1v) is 6.26. The number of anilines is 1. The summed E-state index contributed by atoms with van der Waals surface area (Å²) in [6.07, 6.45) is 2.51. The fourth-order valence-corrected chi connectivity index (χ4v) is 1.67. The first-order valence-electron chi connectivity index (χ1n) is 6.26. The van der Waals surface area contributed by atoms with Crippen molar-refractivity contribution in [2.45, 2.75) is 44.8 Å². The van der Waals surface area contributed by atoms with E-state index in [0.29, 0.717) is 6.42 Å². The maximum absolute atomic E-state index is 11.5. The van der Waals surface area contributed by atoms with Gasteiger partial charge in [-0.05, 0) is 32.8 Å². The van der Waals surface area contributed by atoms with Gasteiger partial charge in [0.05, 0.1) is 12.7 Å². The standard InChI is InChI=1S/C9H13N3O3.C3H8O2/c10-7-3-4-12(9(14)11-7)8-2-1-6(5-13)15-8;1-3(2,4)5/h3-4,6,8,13H,1-2,5H2,(H2,10,11,14);4-5H,1-2H3. The molecule has 0 aromatic carbocycles. The molecular formula is C12H21N3O5. The van der Waals surface area contributed by atoms with Gasteiger partial charge in [-0.2, -0.15) is 4.98 Å². The van der Waals surface area contributed by atoms with Gasteiger partial charge in [0.1, 0.15) is 12.0 Å². The van der Waals surface area contributed by atoms with E-state index in [0.717, 1.165) is 6.42 Å².